The summed E-state index contributed by atoms with van der Waals surface area (Å²) in [6, 6.07) is 1.84. The Morgan fingerprint density at radius 2 is 2.24 bits per heavy atom. The zero-order valence-electron chi connectivity index (χ0n) is 10.8. The van der Waals surface area contributed by atoms with Crippen LogP contribution in [0.2, 0.25) is 0 Å². The normalized spacial score (nSPS) is 14.4. The van der Waals surface area contributed by atoms with Crippen molar-refractivity contribution in [2.75, 3.05) is 0 Å². The Hall–Kier alpha value is -1.35. The first kappa shape index (κ1) is 13.7. The summed E-state index contributed by atoms with van der Waals surface area (Å²) in [5, 5.41) is 10.3. The number of ether oxygens (including phenoxy) is 1. The first-order valence-electron chi connectivity index (χ1n) is 5.91. The molecule has 0 aliphatic carbocycles. The molecule has 1 aromatic heterocycles. The molecule has 1 atom stereocenters. The minimum Gasteiger partial charge on any atom is -0.489 e. The molecule has 17 heavy (non-hydrogen) atoms. The van der Waals surface area contributed by atoms with E-state index in [2.05, 4.69) is 11.6 Å². The third-order valence-corrected chi connectivity index (χ3v) is 2.54. The van der Waals surface area contributed by atoms with E-state index in [1.54, 1.807) is 25.4 Å². The largest absolute Gasteiger partial charge is 0.489 e. The van der Waals surface area contributed by atoms with E-state index in [0.29, 0.717) is 12.2 Å². The van der Waals surface area contributed by atoms with Gasteiger partial charge in [-0.3, -0.25) is 4.98 Å². The van der Waals surface area contributed by atoms with Gasteiger partial charge in [-0.15, -0.1) is 6.58 Å². The molecular formula is C14H21NO2. The quantitative estimate of drug-likeness (QED) is 0.771. The Morgan fingerprint density at radius 3 is 2.82 bits per heavy atom. The van der Waals surface area contributed by atoms with Crippen molar-refractivity contribution >= 4 is 0 Å². The van der Waals surface area contributed by atoms with Crippen molar-refractivity contribution in [3.8, 4) is 5.75 Å². The highest BCUT2D eigenvalue weighted by molar-refractivity contribution is 5.27. The molecular weight excluding hydrogens is 214 g/mol. The van der Waals surface area contributed by atoms with Crippen LogP contribution in [0.3, 0.4) is 0 Å². The van der Waals surface area contributed by atoms with Crippen molar-refractivity contribution in [3.05, 3.63) is 36.7 Å². The fourth-order valence-electron chi connectivity index (χ4n) is 1.58. The van der Waals surface area contributed by atoms with Gasteiger partial charge >= 0.3 is 0 Å². The van der Waals surface area contributed by atoms with Gasteiger partial charge in [-0.1, -0.05) is 6.08 Å². The number of aromatic nitrogens is 1. The van der Waals surface area contributed by atoms with Crippen LogP contribution >= 0.6 is 0 Å². The van der Waals surface area contributed by atoms with E-state index >= 15 is 0 Å². The molecule has 1 unspecified atom stereocenters. The standard InChI is InChI=1S/C14H21NO2/c1-5-6-7-14(4,16)12-8-13(10-15-9-12)17-11(2)3/h5,8-11,16H,1,6-7H2,2-4H3. The highest BCUT2D eigenvalue weighted by Gasteiger charge is 2.23. The second-order valence-corrected chi connectivity index (χ2v) is 4.68. The number of allylic oxidation sites excluding steroid dienone is 1. The Balaban J connectivity index is 2.86. The predicted molar refractivity (Wildman–Crippen MR) is 69.0 cm³/mol. The zero-order valence-corrected chi connectivity index (χ0v) is 10.8. The van der Waals surface area contributed by atoms with Gasteiger partial charge in [0.05, 0.1) is 17.9 Å². The van der Waals surface area contributed by atoms with Crippen LogP contribution in [0, 0.1) is 0 Å². The van der Waals surface area contributed by atoms with E-state index in [1.807, 2.05) is 19.9 Å². The van der Waals surface area contributed by atoms with Crippen LogP contribution in [0.4, 0.5) is 0 Å². The third kappa shape index (κ3) is 4.19. The fraction of sp³-hybridized carbons (Fsp3) is 0.500. The lowest BCUT2D eigenvalue weighted by molar-refractivity contribution is 0.0480. The fourth-order valence-corrected chi connectivity index (χ4v) is 1.58. The van der Waals surface area contributed by atoms with Crippen LogP contribution in [-0.4, -0.2) is 16.2 Å². The minimum atomic E-state index is -0.891. The first-order chi connectivity index (χ1) is 7.95. The van der Waals surface area contributed by atoms with Crippen LogP contribution < -0.4 is 4.74 Å². The SMILES string of the molecule is C=CCCC(C)(O)c1cncc(OC(C)C)c1. The van der Waals surface area contributed by atoms with Crippen LogP contribution in [0.25, 0.3) is 0 Å². The van der Waals surface area contributed by atoms with Crippen molar-refractivity contribution in [3.63, 3.8) is 0 Å². The van der Waals surface area contributed by atoms with Crippen molar-refractivity contribution in [2.45, 2.75) is 45.3 Å². The summed E-state index contributed by atoms with van der Waals surface area (Å²) in [6.45, 7) is 9.37. The Morgan fingerprint density at radius 1 is 1.53 bits per heavy atom. The van der Waals surface area contributed by atoms with Crippen molar-refractivity contribution in [2.24, 2.45) is 0 Å². The molecule has 0 amide bonds. The summed E-state index contributed by atoms with van der Waals surface area (Å²) in [4.78, 5) is 4.10. The van der Waals surface area contributed by atoms with Crippen molar-refractivity contribution < 1.29 is 9.84 Å². The molecule has 0 saturated carbocycles. The molecule has 0 aliphatic heterocycles. The van der Waals surface area contributed by atoms with Gasteiger partial charge < -0.3 is 9.84 Å². The van der Waals surface area contributed by atoms with Crippen molar-refractivity contribution in [1.29, 1.82) is 0 Å². The monoisotopic (exact) mass is 235 g/mol. The van der Waals surface area contributed by atoms with Gasteiger partial charge in [-0.2, -0.15) is 0 Å². The molecule has 0 aromatic carbocycles. The molecule has 3 heteroatoms. The molecule has 1 rings (SSSR count). The summed E-state index contributed by atoms with van der Waals surface area (Å²) >= 11 is 0. The molecule has 3 nitrogen and oxygen atoms in total. The van der Waals surface area contributed by atoms with Crippen LogP contribution in [0.1, 0.15) is 39.2 Å². The number of pyridine rings is 1. The van der Waals surface area contributed by atoms with Gasteiger partial charge in [0.15, 0.2) is 0 Å². The smallest absolute Gasteiger partial charge is 0.138 e. The molecule has 0 spiro atoms. The lowest BCUT2D eigenvalue weighted by Gasteiger charge is -2.23. The van der Waals surface area contributed by atoms with E-state index in [9.17, 15) is 5.11 Å². The summed E-state index contributed by atoms with van der Waals surface area (Å²) in [6.07, 6.45) is 6.64. The van der Waals surface area contributed by atoms with Crippen LogP contribution in [0.5, 0.6) is 5.75 Å². The molecule has 1 aromatic rings. The summed E-state index contributed by atoms with van der Waals surface area (Å²) in [5.74, 6) is 0.691. The average Bonchev–Trinajstić information content (AvgIpc) is 2.26. The highest BCUT2D eigenvalue weighted by Crippen LogP contribution is 2.28. The van der Waals surface area contributed by atoms with Crippen LogP contribution in [0.15, 0.2) is 31.1 Å². The second-order valence-electron chi connectivity index (χ2n) is 4.68. The zero-order chi connectivity index (χ0) is 12.9. The van der Waals surface area contributed by atoms with Gasteiger partial charge in [-0.25, -0.2) is 0 Å². The summed E-state index contributed by atoms with van der Waals surface area (Å²) in [5.41, 5.74) is -0.116. The number of nitrogens with zero attached hydrogens (tertiary/aromatic N) is 1. The highest BCUT2D eigenvalue weighted by atomic mass is 16.5. The maximum absolute atomic E-state index is 10.3. The molecule has 0 radical (unpaired) electrons. The lowest BCUT2D eigenvalue weighted by atomic mass is 9.92. The first-order valence-corrected chi connectivity index (χ1v) is 5.91. The maximum atomic E-state index is 10.3. The Kier molecular flexibility index (Phi) is 4.70. The van der Waals surface area contributed by atoms with E-state index in [1.165, 1.54) is 0 Å². The summed E-state index contributed by atoms with van der Waals surface area (Å²) in [7, 11) is 0. The Labute approximate surface area is 103 Å². The number of rotatable bonds is 6. The molecule has 0 bridgehead atoms. The van der Waals surface area contributed by atoms with E-state index < -0.39 is 5.60 Å². The Bertz CT molecular complexity index is 372. The molecule has 0 fully saturated rings. The topological polar surface area (TPSA) is 42.4 Å². The molecule has 0 aliphatic rings. The minimum absolute atomic E-state index is 0.102. The second kappa shape index (κ2) is 5.82. The number of hydrogen-bond donors (Lipinski definition) is 1. The van der Waals surface area contributed by atoms with Crippen molar-refractivity contribution in [1.82, 2.24) is 4.98 Å². The van der Waals surface area contributed by atoms with E-state index in [0.717, 1.165) is 12.0 Å². The lowest BCUT2D eigenvalue weighted by Crippen LogP contribution is -2.21. The van der Waals surface area contributed by atoms with Gasteiger partial charge in [0.1, 0.15) is 5.75 Å². The number of aliphatic hydroxyl groups is 1. The third-order valence-electron chi connectivity index (χ3n) is 2.54. The number of hydrogen-bond acceptors (Lipinski definition) is 3. The van der Waals surface area contributed by atoms with Crippen LogP contribution in [-0.2, 0) is 5.60 Å². The molecule has 1 heterocycles. The molecule has 0 saturated heterocycles. The predicted octanol–water partition coefficient (Wildman–Crippen LogP) is 3.04. The molecule has 1 N–H and O–H groups in total. The molecule has 94 valence electrons. The average molecular weight is 235 g/mol. The van der Waals surface area contributed by atoms with Gasteiger partial charge in [0, 0.05) is 11.8 Å². The van der Waals surface area contributed by atoms with Gasteiger partial charge in [0.25, 0.3) is 0 Å². The van der Waals surface area contributed by atoms with E-state index in [-0.39, 0.29) is 6.10 Å². The maximum Gasteiger partial charge on any atom is 0.138 e. The van der Waals surface area contributed by atoms with Gasteiger partial charge in [-0.05, 0) is 39.7 Å². The van der Waals surface area contributed by atoms with E-state index in [4.69, 9.17) is 4.74 Å². The summed E-state index contributed by atoms with van der Waals surface area (Å²) < 4.78 is 5.56. The van der Waals surface area contributed by atoms with Gasteiger partial charge in [0.2, 0.25) is 0 Å².